The highest BCUT2D eigenvalue weighted by Gasteiger charge is 2.02. The Kier molecular flexibility index (Phi) is 5.26. The SMILES string of the molecule is C#CCOc1ccccc1CNc1ccc(CC#N)cc1. The summed E-state index contributed by atoms with van der Waals surface area (Å²) in [6, 6.07) is 17.8. The largest absolute Gasteiger partial charge is 0.481 e. The van der Waals surface area contributed by atoms with Crippen LogP contribution in [0.5, 0.6) is 5.75 Å². The third-order valence-corrected chi connectivity index (χ3v) is 3.00. The van der Waals surface area contributed by atoms with E-state index in [1.54, 1.807) is 0 Å². The van der Waals surface area contributed by atoms with Gasteiger partial charge in [0, 0.05) is 17.8 Å². The normalized spacial score (nSPS) is 9.43. The number of terminal acetylenes is 1. The lowest BCUT2D eigenvalue weighted by Gasteiger charge is -2.11. The van der Waals surface area contributed by atoms with E-state index in [0.29, 0.717) is 13.0 Å². The monoisotopic (exact) mass is 276 g/mol. The second-order valence-corrected chi connectivity index (χ2v) is 4.49. The topological polar surface area (TPSA) is 45.0 Å². The van der Waals surface area contributed by atoms with Crippen LogP contribution in [-0.2, 0) is 13.0 Å². The molecule has 21 heavy (non-hydrogen) atoms. The number of ether oxygens (including phenoxy) is 1. The van der Waals surface area contributed by atoms with Crippen molar-refractivity contribution >= 4 is 5.69 Å². The minimum atomic E-state index is 0.264. The van der Waals surface area contributed by atoms with Crippen molar-refractivity contribution in [1.29, 1.82) is 5.26 Å². The molecule has 0 radical (unpaired) electrons. The van der Waals surface area contributed by atoms with Gasteiger partial charge in [0.1, 0.15) is 12.4 Å². The molecular formula is C18H16N2O. The van der Waals surface area contributed by atoms with Crippen LogP contribution in [-0.4, -0.2) is 6.61 Å². The van der Waals surface area contributed by atoms with E-state index < -0.39 is 0 Å². The van der Waals surface area contributed by atoms with Crippen molar-refractivity contribution in [3.63, 3.8) is 0 Å². The molecule has 3 heteroatoms. The molecule has 0 aromatic heterocycles. The summed E-state index contributed by atoms with van der Waals surface area (Å²) in [5.41, 5.74) is 3.07. The number of nitrogens with zero attached hydrogens (tertiary/aromatic N) is 1. The summed E-state index contributed by atoms with van der Waals surface area (Å²) >= 11 is 0. The van der Waals surface area contributed by atoms with E-state index in [1.165, 1.54) is 0 Å². The van der Waals surface area contributed by atoms with E-state index in [1.807, 2.05) is 48.5 Å². The minimum absolute atomic E-state index is 0.264. The highest BCUT2D eigenvalue weighted by molar-refractivity contribution is 5.46. The standard InChI is InChI=1S/C18H16N2O/c1-2-13-21-18-6-4-3-5-16(18)14-20-17-9-7-15(8-10-17)11-12-19/h1,3-10,20H,11,13-14H2. The molecule has 0 spiro atoms. The first-order chi connectivity index (χ1) is 10.3. The van der Waals surface area contributed by atoms with Gasteiger partial charge in [-0.2, -0.15) is 5.26 Å². The molecule has 0 amide bonds. The zero-order valence-electron chi connectivity index (χ0n) is 11.7. The first-order valence-corrected chi connectivity index (χ1v) is 6.67. The van der Waals surface area contributed by atoms with Crippen LogP contribution >= 0.6 is 0 Å². The maximum atomic E-state index is 8.65. The third kappa shape index (κ3) is 4.30. The molecule has 2 aromatic rings. The summed E-state index contributed by atoms with van der Waals surface area (Å²) in [6.45, 7) is 0.915. The van der Waals surface area contributed by atoms with Crippen molar-refractivity contribution in [3.05, 3.63) is 59.7 Å². The second kappa shape index (κ2) is 7.62. The minimum Gasteiger partial charge on any atom is -0.481 e. The first-order valence-electron chi connectivity index (χ1n) is 6.67. The number of hydrogen-bond acceptors (Lipinski definition) is 3. The Morgan fingerprint density at radius 2 is 1.86 bits per heavy atom. The summed E-state index contributed by atoms with van der Waals surface area (Å²) in [4.78, 5) is 0. The predicted molar refractivity (Wildman–Crippen MR) is 83.9 cm³/mol. The van der Waals surface area contributed by atoms with Gasteiger partial charge in [0.15, 0.2) is 0 Å². The van der Waals surface area contributed by atoms with Crippen LogP contribution in [0.25, 0.3) is 0 Å². The lowest BCUT2D eigenvalue weighted by molar-refractivity contribution is 0.366. The molecule has 1 N–H and O–H groups in total. The number of para-hydroxylation sites is 1. The molecule has 0 aliphatic carbocycles. The van der Waals surface area contributed by atoms with Crippen molar-refractivity contribution in [2.45, 2.75) is 13.0 Å². The van der Waals surface area contributed by atoms with E-state index in [0.717, 1.165) is 22.6 Å². The van der Waals surface area contributed by atoms with Crippen molar-refractivity contribution in [2.75, 3.05) is 11.9 Å². The van der Waals surface area contributed by atoms with Gasteiger partial charge >= 0.3 is 0 Å². The lowest BCUT2D eigenvalue weighted by Crippen LogP contribution is -2.03. The van der Waals surface area contributed by atoms with Gasteiger partial charge in [-0.1, -0.05) is 36.3 Å². The first kappa shape index (κ1) is 14.5. The Hall–Kier alpha value is -2.91. The van der Waals surface area contributed by atoms with Crippen molar-refractivity contribution < 1.29 is 4.74 Å². The van der Waals surface area contributed by atoms with E-state index in [-0.39, 0.29) is 6.61 Å². The van der Waals surface area contributed by atoms with Crippen LogP contribution < -0.4 is 10.1 Å². The Labute approximate surface area is 125 Å². The smallest absolute Gasteiger partial charge is 0.148 e. The Morgan fingerprint density at radius 1 is 1.10 bits per heavy atom. The van der Waals surface area contributed by atoms with E-state index in [2.05, 4.69) is 17.3 Å². The average molecular weight is 276 g/mol. The number of nitrogens with one attached hydrogen (secondary N) is 1. The number of anilines is 1. The van der Waals surface area contributed by atoms with Crippen molar-refractivity contribution in [3.8, 4) is 24.2 Å². The van der Waals surface area contributed by atoms with Crippen molar-refractivity contribution in [1.82, 2.24) is 0 Å². The zero-order chi connectivity index (χ0) is 14.9. The molecule has 0 aliphatic heterocycles. The molecule has 0 atom stereocenters. The average Bonchev–Trinajstić information content (AvgIpc) is 2.53. The Morgan fingerprint density at radius 3 is 2.57 bits per heavy atom. The number of rotatable bonds is 6. The van der Waals surface area contributed by atoms with E-state index in [9.17, 15) is 0 Å². The van der Waals surface area contributed by atoms with Crippen LogP contribution in [0.4, 0.5) is 5.69 Å². The highest BCUT2D eigenvalue weighted by atomic mass is 16.5. The molecule has 0 saturated carbocycles. The quantitative estimate of drug-likeness (QED) is 0.823. The van der Waals surface area contributed by atoms with Crippen molar-refractivity contribution in [2.24, 2.45) is 0 Å². The van der Waals surface area contributed by atoms with Crippen LogP contribution in [0.15, 0.2) is 48.5 Å². The third-order valence-electron chi connectivity index (χ3n) is 3.00. The van der Waals surface area contributed by atoms with Gasteiger partial charge in [-0.05, 0) is 23.8 Å². The van der Waals surface area contributed by atoms with Gasteiger partial charge in [0.05, 0.1) is 12.5 Å². The fourth-order valence-corrected chi connectivity index (χ4v) is 1.94. The summed E-state index contributed by atoms with van der Waals surface area (Å²) in [6.07, 6.45) is 5.65. The zero-order valence-corrected chi connectivity index (χ0v) is 11.7. The molecule has 0 aliphatic rings. The maximum absolute atomic E-state index is 8.65. The van der Waals surface area contributed by atoms with E-state index in [4.69, 9.17) is 16.4 Å². The van der Waals surface area contributed by atoms with Crippen LogP contribution in [0.1, 0.15) is 11.1 Å². The second-order valence-electron chi connectivity index (χ2n) is 4.49. The summed E-state index contributed by atoms with van der Waals surface area (Å²) in [5.74, 6) is 3.26. The fraction of sp³-hybridized carbons (Fsp3) is 0.167. The Bertz CT molecular complexity index is 663. The van der Waals surface area contributed by atoms with Gasteiger partial charge in [-0.15, -0.1) is 6.42 Å². The van der Waals surface area contributed by atoms with E-state index >= 15 is 0 Å². The van der Waals surface area contributed by atoms with Gasteiger partial charge in [-0.3, -0.25) is 0 Å². The summed E-state index contributed by atoms with van der Waals surface area (Å²) in [5, 5.41) is 12.0. The maximum Gasteiger partial charge on any atom is 0.148 e. The van der Waals surface area contributed by atoms with Crippen LogP contribution in [0, 0.1) is 23.7 Å². The van der Waals surface area contributed by atoms with Gasteiger partial charge < -0.3 is 10.1 Å². The molecule has 104 valence electrons. The van der Waals surface area contributed by atoms with Gasteiger partial charge in [-0.25, -0.2) is 0 Å². The predicted octanol–water partition coefficient (Wildman–Crippen LogP) is 3.38. The molecular weight excluding hydrogens is 260 g/mol. The Balaban J connectivity index is 1.99. The molecule has 0 unspecified atom stereocenters. The highest BCUT2D eigenvalue weighted by Crippen LogP contribution is 2.19. The molecule has 3 nitrogen and oxygen atoms in total. The van der Waals surface area contributed by atoms with Crippen LogP contribution in [0.3, 0.4) is 0 Å². The summed E-state index contributed by atoms with van der Waals surface area (Å²) < 4.78 is 5.51. The molecule has 0 bridgehead atoms. The molecule has 0 fully saturated rings. The van der Waals surface area contributed by atoms with Gasteiger partial charge in [0.25, 0.3) is 0 Å². The fourth-order valence-electron chi connectivity index (χ4n) is 1.94. The lowest BCUT2D eigenvalue weighted by atomic mass is 10.1. The molecule has 0 saturated heterocycles. The van der Waals surface area contributed by atoms with Gasteiger partial charge in [0.2, 0.25) is 0 Å². The summed E-state index contributed by atoms with van der Waals surface area (Å²) in [7, 11) is 0. The van der Waals surface area contributed by atoms with Crippen LogP contribution in [0.2, 0.25) is 0 Å². The number of benzene rings is 2. The molecule has 0 heterocycles. The molecule has 2 aromatic carbocycles. The molecule has 2 rings (SSSR count). The number of nitriles is 1. The number of hydrogen-bond donors (Lipinski definition) is 1.